The van der Waals surface area contributed by atoms with Crippen LogP contribution in [0, 0.1) is 0 Å². The lowest BCUT2D eigenvalue weighted by atomic mass is 10.1. The Balaban J connectivity index is 1.65. The fraction of sp³-hybridized carbons (Fsp3) is 0.412. The van der Waals surface area contributed by atoms with E-state index in [1.807, 2.05) is 0 Å². The van der Waals surface area contributed by atoms with Gasteiger partial charge in [0.15, 0.2) is 5.82 Å². The Morgan fingerprint density at radius 3 is 3.08 bits per heavy atom. The number of aromatic nitrogens is 2. The molecule has 0 spiro atoms. The lowest BCUT2D eigenvalue weighted by Gasteiger charge is -2.15. The standard InChI is InChI=1S/C17H21N5O4/c1-11(16-20-14(21-26-16)6-9-25-2)19-15(23)12-4-3-5-13(10-12)22-8-7-18-17(22)24/h3-5,10-11H,6-9H2,1-2H3,(H,18,24)(H,19,23)/t11-/m1/s1. The molecule has 1 aromatic heterocycles. The van der Waals surface area contributed by atoms with Crippen LogP contribution >= 0.6 is 0 Å². The molecule has 0 aliphatic carbocycles. The normalized spacial score (nSPS) is 15.0. The number of carbonyl (C=O) groups is 2. The van der Waals surface area contributed by atoms with E-state index in [2.05, 4.69) is 20.8 Å². The molecule has 9 heteroatoms. The van der Waals surface area contributed by atoms with Gasteiger partial charge in [-0.15, -0.1) is 0 Å². The minimum absolute atomic E-state index is 0.162. The number of ether oxygens (including phenoxy) is 1. The number of hydrogen-bond donors (Lipinski definition) is 2. The molecule has 2 heterocycles. The SMILES string of the molecule is COCCc1noc([C@@H](C)NC(=O)c2cccc(N3CCNC3=O)c2)n1. The maximum atomic E-state index is 12.5. The minimum Gasteiger partial charge on any atom is -0.384 e. The third-order valence-electron chi connectivity index (χ3n) is 4.01. The fourth-order valence-corrected chi connectivity index (χ4v) is 2.61. The summed E-state index contributed by atoms with van der Waals surface area (Å²) in [5, 5.41) is 9.42. The summed E-state index contributed by atoms with van der Waals surface area (Å²) in [6.07, 6.45) is 0.542. The van der Waals surface area contributed by atoms with Crippen LogP contribution < -0.4 is 15.5 Å². The van der Waals surface area contributed by atoms with Crippen LogP contribution in [-0.2, 0) is 11.2 Å². The van der Waals surface area contributed by atoms with E-state index >= 15 is 0 Å². The number of urea groups is 1. The van der Waals surface area contributed by atoms with Gasteiger partial charge in [-0.05, 0) is 25.1 Å². The van der Waals surface area contributed by atoms with E-state index < -0.39 is 6.04 Å². The van der Waals surface area contributed by atoms with E-state index in [0.29, 0.717) is 49.1 Å². The molecule has 138 valence electrons. The summed E-state index contributed by atoms with van der Waals surface area (Å²) in [4.78, 5) is 30.1. The van der Waals surface area contributed by atoms with Crippen molar-refractivity contribution in [1.82, 2.24) is 20.8 Å². The topological polar surface area (TPSA) is 110 Å². The van der Waals surface area contributed by atoms with E-state index in [0.717, 1.165) is 0 Å². The first kappa shape index (κ1) is 17.9. The summed E-state index contributed by atoms with van der Waals surface area (Å²) < 4.78 is 10.2. The molecule has 0 unspecified atom stereocenters. The molecule has 3 rings (SSSR count). The van der Waals surface area contributed by atoms with Crippen LogP contribution in [0.15, 0.2) is 28.8 Å². The van der Waals surface area contributed by atoms with Gasteiger partial charge in [-0.2, -0.15) is 4.98 Å². The highest BCUT2D eigenvalue weighted by molar-refractivity contribution is 5.98. The number of nitrogens with one attached hydrogen (secondary N) is 2. The minimum atomic E-state index is -0.440. The molecular weight excluding hydrogens is 338 g/mol. The van der Waals surface area contributed by atoms with Gasteiger partial charge in [0.2, 0.25) is 5.89 Å². The van der Waals surface area contributed by atoms with Crippen LogP contribution in [0.3, 0.4) is 0 Å². The summed E-state index contributed by atoms with van der Waals surface area (Å²) in [6.45, 7) is 3.43. The van der Waals surface area contributed by atoms with E-state index in [1.165, 1.54) is 0 Å². The summed E-state index contributed by atoms with van der Waals surface area (Å²) in [6, 6.07) is 6.32. The van der Waals surface area contributed by atoms with Crippen LogP contribution in [0.2, 0.25) is 0 Å². The molecule has 2 aromatic rings. The van der Waals surface area contributed by atoms with Crippen molar-refractivity contribution < 1.29 is 18.8 Å². The molecule has 0 bridgehead atoms. The van der Waals surface area contributed by atoms with Gasteiger partial charge in [0.1, 0.15) is 6.04 Å². The lowest BCUT2D eigenvalue weighted by molar-refractivity contribution is 0.0932. The smallest absolute Gasteiger partial charge is 0.321 e. The van der Waals surface area contributed by atoms with Crippen molar-refractivity contribution in [2.24, 2.45) is 0 Å². The lowest BCUT2D eigenvalue weighted by Crippen LogP contribution is -2.29. The number of rotatable bonds is 7. The maximum absolute atomic E-state index is 12.5. The number of hydrogen-bond acceptors (Lipinski definition) is 6. The van der Waals surface area contributed by atoms with Crippen LogP contribution in [-0.4, -0.2) is 48.9 Å². The predicted molar refractivity (Wildman–Crippen MR) is 92.9 cm³/mol. The molecule has 0 radical (unpaired) electrons. The highest BCUT2D eigenvalue weighted by Crippen LogP contribution is 2.19. The third-order valence-corrected chi connectivity index (χ3v) is 4.01. The first-order chi connectivity index (χ1) is 12.6. The van der Waals surface area contributed by atoms with Crippen molar-refractivity contribution in [3.05, 3.63) is 41.5 Å². The number of nitrogens with zero attached hydrogens (tertiary/aromatic N) is 3. The van der Waals surface area contributed by atoms with E-state index in [4.69, 9.17) is 9.26 Å². The number of benzene rings is 1. The zero-order valence-corrected chi connectivity index (χ0v) is 14.7. The van der Waals surface area contributed by atoms with E-state index in [9.17, 15) is 9.59 Å². The Bertz CT molecular complexity index is 791. The zero-order chi connectivity index (χ0) is 18.5. The largest absolute Gasteiger partial charge is 0.384 e. The molecule has 26 heavy (non-hydrogen) atoms. The fourth-order valence-electron chi connectivity index (χ4n) is 2.61. The molecule has 1 aromatic carbocycles. The first-order valence-corrected chi connectivity index (χ1v) is 8.36. The molecule has 1 aliphatic heterocycles. The maximum Gasteiger partial charge on any atom is 0.321 e. The summed E-state index contributed by atoms with van der Waals surface area (Å²) in [5.74, 6) is 0.583. The zero-order valence-electron chi connectivity index (χ0n) is 14.7. The molecular formula is C17H21N5O4. The quantitative estimate of drug-likeness (QED) is 0.771. The summed E-state index contributed by atoms with van der Waals surface area (Å²) >= 11 is 0. The third kappa shape index (κ3) is 3.99. The van der Waals surface area contributed by atoms with Crippen molar-refractivity contribution in [3.63, 3.8) is 0 Å². The molecule has 1 aliphatic rings. The van der Waals surface area contributed by atoms with Gasteiger partial charge in [-0.3, -0.25) is 9.69 Å². The number of methoxy groups -OCH3 is 1. The van der Waals surface area contributed by atoms with Gasteiger partial charge in [0.25, 0.3) is 5.91 Å². The molecule has 1 atom stereocenters. The van der Waals surface area contributed by atoms with Crippen LogP contribution in [0.5, 0.6) is 0 Å². The van der Waals surface area contributed by atoms with E-state index in [-0.39, 0.29) is 11.9 Å². The molecule has 2 N–H and O–H groups in total. The van der Waals surface area contributed by atoms with Gasteiger partial charge < -0.3 is 19.9 Å². The van der Waals surface area contributed by atoms with Crippen molar-refractivity contribution in [1.29, 1.82) is 0 Å². The number of carbonyl (C=O) groups excluding carboxylic acids is 2. The second-order valence-electron chi connectivity index (χ2n) is 5.92. The Labute approximate surface area is 150 Å². The highest BCUT2D eigenvalue weighted by Gasteiger charge is 2.22. The highest BCUT2D eigenvalue weighted by atomic mass is 16.5. The van der Waals surface area contributed by atoms with Gasteiger partial charge in [0, 0.05) is 37.9 Å². The van der Waals surface area contributed by atoms with Gasteiger partial charge >= 0.3 is 6.03 Å². The summed E-state index contributed by atoms with van der Waals surface area (Å²) in [7, 11) is 1.60. The first-order valence-electron chi connectivity index (χ1n) is 8.36. The summed E-state index contributed by atoms with van der Waals surface area (Å²) in [5.41, 5.74) is 1.13. The Morgan fingerprint density at radius 2 is 2.35 bits per heavy atom. The second-order valence-corrected chi connectivity index (χ2v) is 5.92. The Kier molecular flexibility index (Phi) is 5.47. The number of amides is 3. The Hall–Kier alpha value is -2.94. The van der Waals surface area contributed by atoms with E-state index in [1.54, 1.807) is 43.2 Å². The van der Waals surface area contributed by atoms with Gasteiger partial charge in [-0.25, -0.2) is 4.79 Å². The average molecular weight is 359 g/mol. The van der Waals surface area contributed by atoms with Crippen LogP contribution in [0.1, 0.15) is 35.0 Å². The molecule has 1 fully saturated rings. The predicted octanol–water partition coefficient (Wildman–Crippen LogP) is 1.28. The van der Waals surface area contributed by atoms with Crippen molar-refractivity contribution in [2.75, 3.05) is 31.7 Å². The van der Waals surface area contributed by atoms with Crippen molar-refractivity contribution in [3.8, 4) is 0 Å². The average Bonchev–Trinajstić information content (AvgIpc) is 3.29. The van der Waals surface area contributed by atoms with Crippen molar-refractivity contribution >= 4 is 17.6 Å². The molecule has 3 amide bonds. The molecule has 9 nitrogen and oxygen atoms in total. The Morgan fingerprint density at radius 1 is 1.50 bits per heavy atom. The molecule has 0 saturated carbocycles. The molecule has 1 saturated heterocycles. The van der Waals surface area contributed by atoms with Crippen LogP contribution in [0.4, 0.5) is 10.5 Å². The number of anilines is 1. The monoisotopic (exact) mass is 359 g/mol. The van der Waals surface area contributed by atoms with Gasteiger partial charge in [-0.1, -0.05) is 11.2 Å². The van der Waals surface area contributed by atoms with Crippen molar-refractivity contribution in [2.45, 2.75) is 19.4 Å². The second kappa shape index (κ2) is 7.96. The van der Waals surface area contributed by atoms with Gasteiger partial charge in [0.05, 0.1) is 6.61 Å². The van der Waals surface area contributed by atoms with Crippen LogP contribution in [0.25, 0.3) is 0 Å².